The number of nitrogens with one attached hydrogen (secondary N) is 1. The van der Waals surface area contributed by atoms with E-state index in [1.807, 2.05) is 42.5 Å². The van der Waals surface area contributed by atoms with E-state index in [9.17, 15) is 4.79 Å². The molecule has 1 fully saturated rings. The maximum atomic E-state index is 12.3. The second-order valence-electron chi connectivity index (χ2n) is 4.87. The zero-order valence-electron chi connectivity index (χ0n) is 11.2. The van der Waals surface area contributed by atoms with Gasteiger partial charge >= 0.3 is 0 Å². The Morgan fingerprint density at radius 2 is 1.70 bits per heavy atom. The van der Waals surface area contributed by atoms with E-state index in [1.54, 1.807) is 0 Å². The smallest absolute Gasteiger partial charge is 0.192 e. The van der Waals surface area contributed by atoms with E-state index in [4.69, 9.17) is 4.74 Å². The molecule has 2 aromatic carbocycles. The van der Waals surface area contributed by atoms with Crippen molar-refractivity contribution in [1.82, 2.24) is 5.32 Å². The third-order valence-corrected chi connectivity index (χ3v) is 3.50. The first-order valence-electron chi connectivity index (χ1n) is 6.86. The number of carbonyl (C=O) groups is 1. The summed E-state index contributed by atoms with van der Waals surface area (Å²) in [5.74, 6) is 0.0526. The van der Waals surface area contributed by atoms with Gasteiger partial charge in [0, 0.05) is 18.7 Å². The summed E-state index contributed by atoms with van der Waals surface area (Å²) in [4.78, 5) is 12.3. The van der Waals surface area contributed by atoms with Crippen molar-refractivity contribution in [2.45, 2.75) is 6.10 Å². The van der Waals surface area contributed by atoms with Gasteiger partial charge in [-0.1, -0.05) is 54.6 Å². The SMILES string of the molecule is O=C(c1ccc(-c2ccccc2)cc1)C1CNCCO1. The summed E-state index contributed by atoms with van der Waals surface area (Å²) in [5.41, 5.74) is 2.98. The van der Waals surface area contributed by atoms with Crippen LogP contribution in [0.1, 0.15) is 10.4 Å². The molecular formula is C17H17NO2. The zero-order chi connectivity index (χ0) is 13.8. The minimum atomic E-state index is -0.355. The summed E-state index contributed by atoms with van der Waals surface area (Å²) in [6.07, 6.45) is -0.355. The number of rotatable bonds is 3. The minimum Gasteiger partial charge on any atom is -0.367 e. The second kappa shape index (κ2) is 5.99. The summed E-state index contributed by atoms with van der Waals surface area (Å²) in [5, 5.41) is 3.18. The Bertz CT molecular complexity index is 572. The molecule has 1 unspecified atom stereocenters. The Labute approximate surface area is 118 Å². The van der Waals surface area contributed by atoms with Crippen LogP contribution in [-0.2, 0) is 4.74 Å². The number of ether oxygens (including phenoxy) is 1. The largest absolute Gasteiger partial charge is 0.367 e. The molecule has 0 saturated carbocycles. The van der Waals surface area contributed by atoms with Crippen LogP contribution in [0, 0.1) is 0 Å². The van der Waals surface area contributed by atoms with Crippen molar-refractivity contribution in [2.24, 2.45) is 0 Å². The molecular weight excluding hydrogens is 250 g/mol. The standard InChI is InChI=1S/C17H17NO2/c19-17(16-12-18-10-11-20-16)15-8-6-14(7-9-15)13-4-2-1-3-5-13/h1-9,16,18H,10-12H2. The van der Waals surface area contributed by atoms with Crippen LogP contribution in [0.4, 0.5) is 0 Å². The minimum absolute atomic E-state index is 0.0526. The summed E-state index contributed by atoms with van der Waals surface area (Å²) in [7, 11) is 0. The molecule has 1 aliphatic rings. The second-order valence-corrected chi connectivity index (χ2v) is 4.87. The molecule has 1 saturated heterocycles. The average Bonchev–Trinajstić information content (AvgIpc) is 2.56. The van der Waals surface area contributed by atoms with Crippen molar-refractivity contribution in [3.8, 4) is 11.1 Å². The predicted molar refractivity (Wildman–Crippen MR) is 78.8 cm³/mol. The quantitative estimate of drug-likeness (QED) is 0.868. The van der Waals surface area contributed by atoms with Gasteiger partial charge in [-0.25, -0.2) is 0 Å². The maximum absolute atomic E-state index is 12.3. The van der Waals surface area contributed by atoms with Gasteiger partial charge in [-0.2, -0.15) is 0 Å². The van der Waals surface area contributed by atoms with Gasteiger partial charge in [0.2, 0.25) is 0 Å². The van der Waals surface area contributed by atoms with Gasteiger partial charge in [0.15, 0.2) is 5.78 Å². The fourth-order valence-electron chi connectivity index (χ4n) is 2.38. The van der Waals surface area contributed by atoms with E-state index in [0.717, 1.165) is 17.7 Å². The number of benzene rings is 2. The molecule has 1 atom stereocenters. The van der Waals surface area contributed by atoms with E-state index in [1.165, 1.54) is 0 Å². The van der Waals surface area contributed by atoms with Crippen molar-refractivity contribution in [1.29, 1.82) is 0 Å². The lowest BCUT2D eigenvalue weighted by atomic mass is 10.0. The van der Waals surface area contributed by atoms with Gasteiger partial charge < -0.3 is 10.1 Å². The maximum Gasteiger partial charge on any atom is 0.192 e. The molecule has 2 aromatic rings. The van der Waals surface area contributed by atoms with Gasteiger partial charge in [0.05, 0.1) is 6.61 Å². The van der Waals surface area contributed by atoms with E-state index < -0.39 is 0 Å². The fourth-order valence-corrected chi connectivity index (χ4v) is 2.38. The molecule has 0 bridgehead atoms. The first kappa shape index (κ1) is 13.0. The molecule has 1 aliphatic heterocycles. The monoisotopic (exact) mass is 267 g/mol. The van der Waals surface area contributed by atoms with Crippen LogP contribution in [0.15, 0.2) is 54.6 Å². The Balaban J connectivity index is 1.77. The average molecular weight is 267 g/mol. The van der Waals surface area contributed by atoms with Gasteiger partial charge in [-0.3, -0.25) is 4.79 Å². The molecule has 102 valence electrons. The van der Waals surface area contributed by atoms with Crippen LogP contribution >= 0.6 is 0 Å². The molecule has 1 heterocycles. The molecule has 3 rings (SSSR count). The lowest BCUT2D eigenvalue weighted by molar-refractivity contribution is 0.0269. The van der Waals surface area contributed by atoms with Crippen molar-refractivity contribution < 1.29 is 9.53 Å². The van der Waals surface area contributed by atoms with Crippen molar-refractivity contribution in [3.05, 3.63) is 60.2 Å². The molecule has 0 aliphatic carbocycles. The molecule has 0 aromatic heterocycles. The fraction of sp³-hybridized carbons (Fsp3) is 0.235. The molecule has 1 N–H and O–H groups in total. The van der Waals surface area contributed by atoms with Gasteiger partial charge in [-0.05, 0) is 11.1 Å². The molecule has 20 heavy (non-hydrogen) atoms. The van der Waals surface area contributed by atoms with Gasteiger partial charge in [0.1, 0.15) is 6.10 Å². The molecule has 3 nitrogen and oxygen atoms in total. The van der Waals surface area contributed by atoms with E-state index >= 15 is 0 Å². The first-order valence-corrected chi connectivity index (χ1v) is 6.86. The van der Waals surface area contributed by atoms with E-state index in [-0.39, 0.29) is 11.9 Å². The Kier molecular flexibility index (Phi) is 3.90. The highest BCUT2D eigenvalue weighted by Gasteiger charge is 2.22. The normalized spacial score (nSPS) is 18.7. The van der Waals surface area contributed by atoms with Crippen LogP contribution in [0.5, 0.6) is 0 Å². The summed E-state index contributed by atoms with van der Waals surface area (Å²) >= 11 is 0. The summed E-state index contributed by atoms with van der Waals surface area (Å²) in [6.45, 7) is 2.01. The number of morpholine rings is 1. The lowest BCUT2D eigenvalue weighted by Gasteiger charge is -2.22. The number of hydrogen-bond acceptors (Lipinski definition) is 3. The first-order chi connectivity index (χ1) is 9.84. The molecule has 3 heteroatoms. The number of Topliss-reactive ketones (excluding diaryl/α,β-unsaturated/α-hetero) is 1. The zero-order valence-corrected chi connectivity index (χ0v) is 11.2. The Hall–Kier alpha value is -1.97. The van der Waals surface area contributed by atoms with E-state index in [2.05, 4.69) is 17.4 Å². The van der Waals surface area contributed by atoms with Crippen LogP contribution in [0.3, 0.4) is 0 Å². The van der Waals surface area contributed by atoms with Gasteiger partial charge in [-0.15, -0.1) is 0 Å². The lowest BCUT2D eigenvalue weighted by Crippen LogP contribution is -2.43. The Morgan fingerprint density at radius 1 is 1.00 bits per heavy atom. The van der Waals surface area contributed by atoms with Crippen LogP contribution in [0.2, 0.25) is 0 Å². The van der Waals surface area contributed by atoms with Crippen molar-refractivity contribution in [2.75, 3.05) is 19.7 Å². The molecule has 0 spiro atoms. The van der Waals surface area contributed by atoms with Crippen LogP contribution < -0.4 is 5.32 Å². The highest BCUT2D eigenvalue weighted by Crippen LogP contribution is 2.20. The van der Waals surface area contributed by atoms with E-state index in [0.29, 0.717) is 18.7 Å². The van der Waals surface area contributed by atoms with Crippen molar-refractivity contribution >= 4 is 5.78 Å². The Morgan fingerprint density at radius 3 is 2.35 bits per heavy atom. The van der Waals surface area contributed by atoms with Crippen molar-refractivity contribution in [3.63, 3.8) is 0 Å². The highest BCUT2D eigenvalue weighted by atomic mass is 16.5. The van der Waals surface area contributed by atoms with Crippen LogP contribution in [-0.4, -0.2) is 31.6 Å². The highest BCUT2D eigenvalue weighted by molar-refractivity contribution is 6.00. The topological polar surface area (TPSA) is 38.3 Å². The van der Waals surface area contributed by atoms with Gasteiger partial charge in [0.25, 0.3) is 0 Å². The summed E-state index contributed by atoms with van der Waals surface area (Å²) < 4.78 is 5.50. The number of ketones is 1. The predicted octanol–water partition coefficient (Wildman–Crippen LogP) is 2.52. The third-order valence-electron chi connectivity index (χ3n) is 3.50. The number of carbonyl (C=O) groups excluding carboxylic acids is 1. The third kappa shape index (κ3) is 2.79. The number of hydrogen-bond donors (Lipinski definition) is 1. The molecule has 0 radical (unpaired) electrons. The van der Waals surface area contributed by atoms with Crippen LogP contribution in [0.25, 0.3) is 11.1 Å². The molecule has 0 amide bonds. The summed E-state index contributed by atoms with van der Waals surface area (Å²) in [6, 6.07) is 17.9.